The molecule has 3 fully saturated rings. The lowest BCUT2D eigenvalue weighted by Gasteiger charge is -2.39. The number of rotatable bonds is 25. The molecule has 1 spiro atoms. The summed E-state index contributed by atoms with van der Waals surface area (Å²) in [6, 6.07) is 7.46. The first-order valence-corrected chi connectivity index (χ1v) is 23.3. The van der Waals surface area contributed by atoms with Crippen LogP contribution in [0.4, 0.5) is 0 Å². The molecule has 3 aliphatic heterocycles. The van der Waals surface area contributed by atoms with Crippen molar-refractivity contribution >= 4 is 51.1 Å². The van der Waals surface area contributed by atoms with Gasteiger partial charge in [-0.3, -0.25) is 28.8 Å². The van der Waals surface area contributed by atoms with Crippen molar-refractivity contribution in [3.05, 3.63) is 71.3 Å². The molecule has 1 aromatic rings. The molecule has 0 bridgehead atoms. The van der Waals surface area contributed by atoms with Crippen LogP contribution in [0.25, 0.3) is 0 Å². The van der Waals surface area contributed by atoms with Crippen molar-refractivity contribution in [1.29, 1.82) is 0 Å². The molecule has 0 radical (unpaired) electrons. The van der Waals surface area contributed by atoms with Gasteiger partial charge in [-0.1, -0.05) is 83.8 Å². The topological polar surface area (TPSA) is 187 Å². The van der Waals surface area contributed by atoms with Crippen LogP contribution >= 0.6 is 15.9 Å². The predicted molar refractivity (Wildman–Crippen MR) is 239 cm³/mol. The van der Waals surface area contributed by atoms with Crippen LogP contribution in [0.2, 0.25) is 0 Å². The average Bonchev–Trinajstić information content (AvgIpc) is 4.01. The molecule has 14 heteroatoms. The van der Waals surface area contributed by atoms with Crippen molar-refractivity contribution in [3.8, 4) is 0 Å². The van der Waals surface area contributed by atoms with Crippen molar-refractivity contribution < 1.29 is 52.8 Å². The summed E-state index contributed by atoms with van der Waals surface area (Å²) in [4.78, 5) is 72.8. The third kappa shape index (κ3) is 17.7. The number of nitrogens with one attached hydrogen (secondary N) is 2. The molecule has 3 saturated heterocycles. The Morgan fingerprint density at radius 1 is 0.935 bits per heavy atom. The van der Waals surface area contributed by atoms with Crippen molar-refractivity contribution in [3.63, 3.8) is 0 Å². The number of unbranched alkanes of at least 4 members (excludes halogenated alkanes) is 3. The van der Waals surface area contributed by atoms with Gasteiger partial charge in [-0.25, -0.2) is 0 Å². The molecule has 342 valence electrons. The average molecular weight is 928 g/mol. The summed E-state index contributed by atoms with van der Waals surface area (Å²) < 4.78 is 23.4. The zero-order chi connectivity index (χ0) is 45.2. The second-order valence-electron chi connectivity index (χ2n) is 17.3. The highest BCUT2D eigenvalue weighted by atomic mass is 79.9. The number of ketones is 3. The summed E-state index contributed by atoms with van der Waals surface area (Å²) in [5.74, 6) is -0.468. The van der Waals surface area contributed by atoms with Crippen LogP contribution in [-0.4, -0.2) is 107 Å². The van der Waals surface area contributed by atoms with Crippen molar-refractivity contribution in [2.75, 3.05) is 18.5 Å². The van der Waals surface area contributed by atoms with Gasteiger partial charge in [0, 0.05) is 51.5 Å². The molecule has 0 saturated carbocycles. The molecule has 13 nitrogen and oxygen atoms in total. The minimum absolute atomic E-state index is 0.0175. The van der Waals surface area contributed by atoms with Gasteiger partial charge in [-0.15, -0.1) is 0 Å². The number of aliphatic hydroxyl groups is 1. The Morgan fingerprint density at radius 3 is 2.31 bits per heavy atom. The number of allylic oxidation sites excluding steroid dienone is 2. The van der Waals surface area contributed by atoms with Gasteiger partial charge in [0.05, 0.1) is 42.8 Å². The van der Waals surface area contributed by atoms with Crippen molar-refractivity contribution in [2.24, 2.45) is 5.92 Å². The summed E-state index contributed by atoms with van der Waals surface area (Å²) in [5, 5.41) is 17.2. The van der Waals surface area contributed by atoms with Gasteiger partial charge in [0.2, 0.25) is 11.8 Å². The number of benzene rings is 1. The van der Waals surface area contributed by atoms with Crippen molar-refractivity contribution in [2.45, 2.75) is 166 Å². The van der Waals surface area contributed by atoms with E-state index in [1.807, 2.05) is 50.3 Å². The molecular weight excluding hydrogens is 860 g/mol. The largest absolute Gasteiger partial charge is 0.459 e. The number of hydrogen-bond acceptors (Lipinski definition) is 11. The third-order valence-electron chi connectivity index (χ3n) is 11.7. The van der Waals surface area contributed by atoms with E-state index in [-0.39, 0.29) is 78.8 Å². The first-order chi connectivity index (χ1) is 29.5. The molecule has 3 N–H and O–H groups in total. The first kappa shape index (κ1) is 50.8. The fourth-order valence-electron chi connectivity index (χ4n) is 7.95. The van der Waals surface area contributed by atoms with Crippen LogP contribution < -0.4 is 10.6 Å². The second kappa shape index (κ2) is 25.5. The Balaban J connectivity index is 1.16. The van der Waals surface area contributed by atoms with Gasteiger partial charge in [-0.05, 0) is 76.0 Å². The molecule has 0 aromatic heterocycles. The SMILES string of the molecule is CC(=O)O[C@@H](C)/C=C\C(=O)N[C@@H]1C[C@H](C)[C@H](C/C=C(C)/C=C/[C@H]2O[C@H](CC(=O)CCc3ccc(CC(=O)CNC(=O)CCCCCCC(=O)CBr)cc3)C[C@@]3(CO3)[C@@H]2O)O[C@@H]1C. The lowest BCUT2D eigenvalue weighted by Crippen LogP contribution is -2.50. The smallest absolute Gasteiger partial charge is 0.303 e. The minimum atomic E-state index is -0.849. The molecule has 3 heterocycles. The Hall–Kier alpha value is -3.82. The predicted octanol–water partition coefficient (Wildman–Crippen LogP) is 6.10. The molecule has 0 aliphatic carbocycles. The number of carbonyl (C=O) groups excluding carboxylic acids is 6. The van der Waals surface area contributed by atoms with E-state index in [0.717, 1.165) is 48.8 Å². The van der Waals surface area contributed by atoms with Crippen LogP contribution in [0, 0.1) is 5.92 Å². The molecule has 1 aromatic carbocycles. The molecule has 4 rings (SSSR count). The monoisotopic (exact) mass is 926 g/mol. The van der Waals surface area contributed by atoms with Crippen LogP contribution in [-0.2, 0) is 60.6 Å². The lowest BCUT2D eigenvalue weighted by atomic mass is 9.86. The highest BCUT2D eigenvalue weighted by molar-refractivity contribution is 9.09. The fraction of sp³-hybridized carbons (Fsp3) is 0.625. The first-order valence-electron chi connectivity index (χ1n) is 22.1. The van der Waals surface area contributed by atoms with E-state index < -0.39 is 29.9 Å². The van der Waals surface area contributed by atoms with Crippen molar-refractivity contribution in [1.82, 2.24) is 10.6 Å². The highest BCUT2D eigenvalue weighted by Crippen LogP contribution is 2.43. The summed E-state index contributed by atoms with van der Waals surface area (Å²) in [6.07, 6.45) is 13.6. The van der Waals surface area contributed by atoms with Crippen LogP contribution in [0.3, 0.4) is 0 Å². The quantitative estimate of drug-likeness (QED) is 0.0257. The Bertz CT molecular complexity index is 1770. The number of hydrogen-bond donors (Lipinski definition) is 3. The standard InChI is InChI=1S/C48H67BrN2O11/c1-31(12-21-43-32(2)24-42(34(4)61-43)51-46(57)23-14-33(3)60-35(5)52)13-22-44-47(58)48(30-59-48)27-41(62-44)26-38(53)20-19-36-15-17-37(18-16-36)25-40(55)29-50-45(56)11-9-7-6-8-10-39(54)28-49/h12-18,22-23,32-34,41-44,47,58H,6-11,19-21,24-30H2,1-5H3,(H,50,56)(H,51,57)/b22-13+,23-14-,31-12+/t32-,33-,34+,41+,42+,43-,44+,47+,48+/m0/s1. The number of aliphatic hydroxyl groups excluding tert-OH is 1. The maximum Gasteiger partial charge on any atom is 0.303 e. The van der Waals surface area contributed by atoms with Gasteiger partial charge in [-0.2, -0.15) is 0 Å². The molecule has 62 heavy (non-hydrogen) atoms. The maximum absolute atomic E-state index is 13.1. The summed E-state index contributed by atoms with van der Waals surface area (Å²) in [5.41, 5.74) is 2.10. The second-order valence-corrected chi connectivity index (χ2v) is 17.8. The number of alkyl halides is 1. The van der Waals surface area contributed by atoms with Gasteiger partial charge in [0.15, 0.2) is 5.78 Å². The van der Waals surface area contributed by atoms with E-state index in [9.17, 15) is 33.9 Å². The Labute approximate surface area is 375 Å². The number of esters is 1. The number of aryl methyl sites for hydroxylation is 1. The van der Waals surface area contributed by atoms with Crippen LogP contribution in [0.5, 0.6) is 0 Å². The van der Waals surface area contributed by atoms with Crippen LogP contribution in [0.15, 0.2) is 60.2 Å². The molecule has 0 unspecified atom stereocenters. The fourth-order valence-corrected chi connectivity index (χ4v) is 8.23. The number of ether oxygens (including phenoxy) is 4. The highest BCUT2D eigenvalue weighted by Gasteiger charge is 2.58. The minimum Gasteiger partial charge on any atom is -0.459 e. The number of epoxide rings is 1. The van der Waals surface area contributed by atoms with E-state index >= 15 is 0 Å². The Kier molecular flexibility index (Phi) is 20.9. The maximum atomic E-state index is 13.1. The molecule has 9 atom stereocenters. The van der Waals surface area contributed by atoms with E-state index in [1.54, 1.807) is 13.0 Å². The van der Waals surface area contributed by atoms with E-state index in [2.05, 4.69) is 39.6 Å². The van der Waals surface area contributed by atoms with Crippen LogP contribution in [0.1, 0.15) is 116 Å². The number of Topliss-reactive ketones (excluding diaryl/α,β-unsaturated/α-hetero) is 3. The lowest BCUT2D eigenvalue weighted by molar-refractivity contribution is -0.144. The Morgan fingerprint density at radius 2 is 1.63 bits per heavy atom. The van der Waals surface area contributed by atoms with E-state index in [1.165, 1.54) is 13.0 Å². The number of amides is 2. The summed E-state index contributed by atoms with van der Waals surface area (Å²) in [7, 11) is 0. The summed E-state index contributed by atoms with van der Waals surface area (Å²) >= 11 is 3.16. The normalized spacial score (nSPS) is 26.6. The van der Waals surface area contributed by atoms with E-state index in [4.69, 9.17) is 18.9 Å². The van der Waals surface area contributed by atoms with Gasteiger partial charge in [0.1, 0.15) is 35.5 Å². The zero-order valence-corrected chi connectivity index (χ0v) is 38.6. The molecule has 3 aliphatic rings. The van der Waals surface area contributed by atoms with Gasteiger partial charge in [0.25, 0.3) is 0 Å². The van der Waals surface area contributed by atoms with Gasteiger partial charge < -0.3 is 34.7 Å². The summed E-state index contributed by atoms with van der Waals surface area (Å²) in [6.45, 7) is 9.46. The number of halogens is 1. The molecular formula is C48H67BrN2O11. The zero-order valence-electron chi connectivity index (χ0n) is 37.0. The third-order valence-corrected chi connectivity index (χ3v) is 12.4. The number of carbonyl (C=O) groups is 6. The van der Waals surface area contributed by atoms with E-state index in [0.29, 0.717) is 50.5 Å². The molecule has 2 amide bonds. The van der Waals surface area contributed by atoms with Gasteiger partial charge >= 0.3 is 5.97 Å².